The second-order valence-corrected chi connectivity index (χ2v) is 8.64. The second kappa shape index (κ2) is 9.66. The molecule has 0 saturated carbocycles. The van der Waals surface area contributed by atoms with Gasteiger partial charge >= 0.3 is 0 Å². The molecule has 0 fully saturated rings. The number of sulfonamides is 1. The van der Waals surface area contributed by atoms with Crippen LogP contribution in [0.4, 0.5) is 0 Å². The molecule has 0 spiro atoms. The van der Waals surface area contributed by atoms with E-state index in [-0.39, 0.29) is 0 Å². The minimum Gasteiger partial charge on any atom is -0.268 e. The van der Waals surface area contributed by atoms with E-state index in [1.165, 1.54) is 16.7 Å². The first-order chi connectivity index (χ1) is 13.6. The Bertz CT molecular complexity index is 968. The Morgan fingerprint density at radius 3 is 2.54 bits per heavy atom. The number of hydrogen-bond donors (Lipinski definition) is 1. The van der Waals surface area contributed by atoms with Crippen LogP contribution >= 0.6 is 0 Å². The lowest BCUT2D eigenvalue weighted by molar-refractivity contribution is 0.579. The van der Waals surface area contributed by atoms with Crippen LogP contribution in [0.5, 0.6) is 0 Å². The molecule has 1 aromatic heterocycles. The van der Waals surface area contributed by atoms with E-state index in [0.29, 0.717) is 11.4 Å². The molecular weight excluding hydrogens is 370 g/mol. The molecule has 0 aliphatic carbocycles. The Kier molecular flexibility index (Phi) is 7.01. The average molecular weight is 398 g/mol. The van der Waals surface area contributed by atoms with E-state index in [0.717, 1.165) is 32.2 Å². The van der Waals surface area contributed by atoms with E-state index in [2.05, 4.69) is 34.9 Å². The minimum atomic E-state index is -3.44. The quantitative estimate of drug-likeness (QED) is 0.529. The minimum absolute atomic E-state index is 0.308. The number of rotatable bonds is 10. The zero-order valence-corrected chi connectivity index (χ0v) is 17.0. The Balaban J connectivity index is 1.62. The zero-order chi connectivity index (χ0) is 19.8. The van der Waals surface area contributed by atoms with Crippen molar-refractivity contribution in [3.63, 3.8) is 0 Å². The van der Waals surface area contributed by atoms with Crippen molar-refractivity contribution in [1.29, 1.82) is 0 Å². The molecule has 5 nitrogen and oxygen atoms in total. The third-order valence-electron chi connectivity index (χ3n) is 4.66. The van der Waals surface area contributed by atoms with Crippen LogP contribution < -0.4 is 4.72 Å². The number of nitrogens with zero attached hydrogens (tertiary/aromatic N) is 2. The molecule has 0 unspecified atom stereocenters. The van der Waals surface area contributed by atoms with Crippen molar-refractivity contribution in [3.05, 3.63) is 83.7 Å². The maximum Gasteiger partial charge on any atom is 0.240 e. The third kappa shape index (κ3) is 5.53. The van der Waals surface area contributed by atoms with Gasteiger partial charge in [-0.05, 0) is 54.2 Å². The standard InChI is InChI=1S/C22H27N3O2S/c1-2-8-20-13-12-19(18-25-16-7-14-23-25)17-21(20)9-6-15-24-28(26,27)22-10-4-3-5-11-22/h3-5,7,10-14,16-17,24H,2,6,8-9,15,18H2,1H3. The molecule has 0 atom stereocenters. The molecule has 3 aromatic rings. The Morgan fingerprint density at radius 2 is 1.82 bits per heavy atom. The molecule has 1 heterocycles. The van der Waals surface area contributed by atoms with E-state index < -0.39 is 10.0 Å². The molecule has 0 radical (unpaired) electrons. The van der Waals surface area contributed by atoms with E-state index in [4.69, 9.17) is 0 Å². The van der Waals surface area contributed by atoms with Gasteiger partial charge in [-0.15, -0.1) is 0 Å². The van der Waals surface area contributed by atoms with Gasteiger partial charge < -0.3 is 0 Å². The summed E-state index contributed by atoms with van der Waals surface area (Å²) in [5.74, 6) is 0. The van der Waals surface area contributed by atoms with Gasteiger partial charge in [-0.1, -0.05) is 49.7 Å². The number of aryl methyl sites for hydroxylation is 2. The number of aromatic nitrogens is 2. The van der Waals surface area contributed by atoms with E-state index in [1.54, 1.807) is 30.5 Å². The molecule has 28 heavy (non-hydrogen) atoms. The van der Waals surface area contributed by atoms with Crippen LogP contribution in [-0.2, 0) is 29.4 Å². The summed E-state index contributed by atoms with van der Waals surface area (Å²) in [7, 11) is -3.44. The zero-order valence-electron chi connectivity index (χ0n) is 16.2. The first-order valence-corrected chi connectivity index (χ1v) is 11.2. The summed E-state index contributed by atoms with van der Waals surface area (Å²) in [6.45, 7) is 3.34. The first-order valence-electron chi connectivity index (χ1n) is 9.71. The van der Waals surface area contributed by atoms with Gasteiger partial charge in [0.15, 0.2) is 0 Å². The molecule has 0 aliphatic rings. The van der Waals surface area contributed by atoms with Gasteiger partial charge in [-0.2, -0.15) is 5.10 Å². The smallest absolute Gasteiger partial charge is 0.240 e. The summed E-state index contributed by atoms with van der Waals surface area (Å²) in [6, 6.07) is 17.0. The van der Waals surface area contributed by atoms with Crippen molar-refractivity contribution in [1.82, 2.24) is 14.5 Å². The monoisotopic (exact) mass is 397 g/mol. The second-order valence-electron chi connectivity index (χ2n) is 6.87. The maximum atomic E-state index is 12.3. The predicted octanol–water partition coefficient (Wildman–Crippen LogP) is 3.80. The first kappa shape index (κ1) is 20.3. The van der Waals surface area contributed by atoms with Crippen LogP contribution in [0.3, 0.4) is 0 Å². The van der Waals surface area contributed by atoms with Crippen LogP contribution in [0.2, 0.25) is 0 Å². The summed E-state index contributed by atoms with van der Waals surface area (Å²) in [6.07, 6.45) is 7.47. The largest absolute Gasteiger partial charge is 0.268 e. The van der Waals surface area contributed by atoms with Crippen LogP contribution in [0.15, 0.2) is 71.9 Å². The average Bonchev–Trinajstić information content (AvgIpc) is 3.21. The molecule has 0 bridgehead atoms. The molecule has 0 amide bonds. The number of hydrogen-bond acceptors (Lipinski definition) is 3. The lowest BCUT2D eigenvalue weighted by Crippen LogP contribution is -2.25. The summed E-state index contributed by atoms with van der Waals surface area (Å²) >= 11 is 0. The lowest BCUT2D eigenvalue weighted by Gasteiger charge is -2.12. The summed E-state index contributed by atoms with van der Waals surface area (Å²) in [5.41, 5.74) is 3.85. The highest BCUT2D eigenvalue weighted by molar-refractivity contribution is 7.89. The highest BCUT2D eigenvalue weighted by Gasteiger charge is 2.12. The maximum absolute atomic E-state index is 12.3. The molecule has 0 aliphatic heterocycles. The SMILES string of the molecule is CCCc1ccc(Cn2cccn2)cc1CCCNS(=O)(=O)c1ccccc1. The Morgan fingerprint density at radius 1 is 1.00 bits per heavy atom. The number of nitrogens with one attached hydrogen (secondary N) is 1. The number of benzene rings is 2. The molecule has 0 saturated heterocycles. The van der Waals surface area contributed by atoms with Gasteiger partial charge in [0.25, 0.3) is 0 Å². The molecule has 3 rings (SSSR count). The fraction of sp³-hybridized carbons (Fsp3) is 0.318. The van der Waals surface area contributed by atoms with Crippen molar-refractivity contribution >= 4 is 10.0 Å². The van der Waals surface area contributed by atoms with Gasteiger partial charge in [-0.3, -0.25) is 4.68 Å². The van der Waals surface area contributed by atoms with E-state index in [1.807, 2.05) is 23.0 Å². The van der Waals surface area contributed by atoms with Gasteiger partial charge in [0, 0.05) is 18.9 Å². The van der Waals surface area contributed by atoms with Crippen LogP contribution in [0.25, 0.3) is 0 Å². The van der Waals surface area contributed by atoms with Crippen LogP contribution in [0, 0.1) is 0 Å². The fourth-order valence-corrected chi connectivity index (χ4v) is 4.37. The topological polar surface area (TPSA) is 64.0 Å². The van der Waals surface area contributed by atoms with Crippen molar-refractivity contribution in [3.8, 4) is 0 Å². The van der Waals surface area contributed by atoms with Crippen LogP contribution in [0.1, 0.15) is 36.5 Å². The summed E-state index contributed by atoms with van der Waals surface area (Å²) in [5, 5.41) is 4.27. The van der Waals surface area contributed by atoms with Crippen molar-refractivity contribution in [2.24, 2.45) is 0 Å². The molecule has 2 aromatic carbocycles. The molecule has 148 valence electrons. The van der Waals surface area contributed by atoms with E-state index in [9.17, 15) is 8.42 Å². The highest BCUT2D eigenvalue weighted by Crippen LogP contribution is 2.17. The summed E-state index contributed by atoms with van der Waals surface area (Å²) < 4.78 is 29.3. The highest BCUT2D eigenvalue weighted by atomic mass is 32.2. The Hall–Kier alpha value is -2.44. The molecular formula is C22H27N3O2S. The van der Waals surface area contributed by atoms with Crippen molar-refractivity contribution < 1.29 is 8.42 Å². The van der Waals surface area contributed by atoms with Gasteiger partial charge in [0.1, 0.15) is 0 Å². The van der Waals surface area contributed by atoms with E-state index >= 15 is 0 Å². The predicted molar refractivity (Wildman–Crippen MR) is 112 cm³/mol. The molecule has 1 N–H and O–H groups in total. The lowest BCUT2D eigenvalue weighted by atomic mass is 9.97. The molecule has 6 heteroatoms. The van der Waals surface area contributed by atoms with Crippen molar-refractivity contribution in [2.45, 2.75) is 44.0 Å². The fourth-order valence-electron chi connectivity index (χ4n) is 3.27. The Labute approximate surface area is 167 Å². The van der Waals surface area contributed by atoms with Crippen molar-refractivity contribution in [2.75, 3.05) is 6.54 Å². The van der Waals surface area contributed by atoms with Gasteiger partial charge in [0.05, 0.1) is 11.4 Å². The van der Waals surface area contributed by atoms with Gasteiger partial charge in [-0.25, -0.2) is 13.1 Å². The van der Waals surface area contributed by atoms with Crippen LogP contribution in [-0.4, -0.2) is 24.7 Å². The normalized spacial score (nSPS) is 11.6. The summed E-state index contributed by atoms with van der Waals surface area (Å²) in [4.78, 5) is 0.308. The van der Waals surface area contributed by atoms with Gasteiger partial charge in [0.2, 0.25) is 10.0 Å². The third-order valence-corrected chi connectivity index (χ3v) is 6.14.